The first-order valence-electron chi connectivity index (χ1n) is 15.7. The number of rotatable bonds is 9. The van der Waals surface area contributed by atoms with E-state index in [1.807, 2.05) is 91.0 Å². The topological polar surface area (TPSA) is 124 Å². The minimum Gasteiger partial charge on any atom is -0.370 e. The van der Waals surface area contributed by atoms with E-state index in [0.29, 0.717) is 5.56 Å². The van der Waals surface area contributed by atoms with E-state index in [2.05, 4.69) is 15.3 Å². The van der Waals surface area contributed by atoms with Gasteiger partial charge in [0, 0.05) is 23.9 Å². The Morgan fingerprint density at radius 2 is 1.52 bits per heavy atom. The van der Waals surface area contributed by atoms with E-state index < -0.39 is 52.0 Å². The summed E-state index contributed by atoms with van der Waals surface area (Å²) in [6, 6.07) is 31.7. The lowest BCUT2D eigenvalue weighted by atomic mass is 9.80. The van der Waals surface area contributed by atoms with Crippen molar-refractivity contribution in [3.05, 3.63) is 169 Å². The highest BCUT2D eigenvalue weighted by molar-refractivity contribution is 6.31. The van der Waals surface area contributed by atoms with Gasteiger partial charge in [0.2, 0.25) is 0 Å². The number of halogens is 4. The van der Waals surface area contributed by atoms with Crippen molar-refractivity contribution in [1.82, 2.24) is 9.55 Å². The molecule has 13 heteroatoms. The molecule has 0 unspecified atom stereocenters. The van der Waals surface area contributed by atoms with Gasteiger partial charge in [0.05, 0.1) is 23.2 Å². The van der Waals surface area contributed by atoms with Crippen molar-refractivity contribution in [1.29, 1.82) is 0 Å². The average molecular weight is 704 g/mol. The van der Waals surface area contributed by atoms with E-state index in [1.165, 1.54) is 16.8 Å². The number of H-pyrrole nitrogens is 1. The maximum Gasteiger partial charge on any atom is 0.417 e. The van der Waals surface area contributed by atoms with Crippen LogP contribution in [0.25, 0.3) is 0 Å². The molecule has 0 aliphatic carbocycles. The van der Waals surface area contributed by atoms with Crippen molar-refractivity contribution in [2.24, 2.45) is 10.7 Å². The zero-order chi connectivity index (χ0) is 35.5. The van der Waals surface area contributed by atoms with Gasteiger partial charge in [-0.3, -0.25) is 14.3 Å². The number of anilines is 1. The molecule has 258 valence electrons. The highest BCUT2D eigenvalue weighted by Gasteiger charge is 2.42. The fourth-order valence-electron chi connectivity index (χ4n) is 6.13. The molecule has 9 nitrogen and oxygen atoms in total. The first-order chi connectivity index (χ1) is 24.0. The van der Waals surface area contributed by atoms with Crippen LogP contribution >= 0.6 is 11.6 Å². The molecule has 3 atom stereocenters. The summed E-state index contributed by atoms with van der Waals surface area (Å²) < 4.78 is 55.3. The van der Waals surface area contributed by atoms with Crippen LogP contribution in [0.1, 0.15) is 40.5 Å². The SMILES string of the molecule is Cc1cn([C@H]2C[C@H](N=C(N)Nc3ccc(Cl)c(C(F)(F)F)c3)[C@@H](COC(c3ccccc3)(c3ccccc3)c3ccccc3)O2)c(=O)[nH]c1=O. The van der Waals surface area contributed by atoms with E-state index in [1.54, 1.807) is 6.92 Å². The number of hydrogen-bond acceptors (Lipinski definition) is 5. The third-order valence-electron chi connectivity index (χ3n) is 8.51. The van der Waals surface area contributed by atoms with Gasteiger partial charge in [0.15, 0.2) is 5.96 Å². The molecule has 6 rings (SSSR count). The average Bonchev–Trinajstić information content (AvgIpc) is 3.50. The normalized spacial score (nSPS) is 18.3. The number of ether oxygens (including phenoxy) is 2. The second-order valence-electron chi connectivity index (χ2n) is 11.8. The third kappa shape index (κ3) is 7.23. The molecule has 0 saturated carbocycles. The number of guanidine groups is 1. The largest absolute Gasteiger partial charge is 0.417 e. The van der Waals surface area contributed by atoms with E-state index in [-0.39, 0.29) is 24.7 Å². The molecular formula is C37H33ClF3N5O4. The predicted octanol–water partition coefficient (Wildman–Crippen LogP) is 6.61. The van der Waals surface area contributed by atoms with Crippen LogP contribution in [-0.2, 0) is 21.3 Å². The van der Waals surface area contributed by atoms with Gasteiger partial charge in [-0.05, 0) is 41.8 Å². The summed E-state index contributed by atoms with van der Waals surface area (Å²) >= 11 is 5.80. The number of alkyl halides is 3. The van der Waals surface area contributed by atoms with E-state index in [9.17, 15) is 22.8 Å². The molecular weight excluding hydrogens is 671 g/mol. The van der Waals surface area contributed by atoms with Crippen LogP contribution in [0.2, 0.25) is 5.02 Å². The Kier molecular flexibility index (Phi) is 9.96. The van der Waals surface area contributed by atoms with E-state index in [0.717, 1.165) is 28.8 Å². The molecule has 2 heterocycles. The van der Waals surface area contributed by atoms with Gasteiger partial charge < -0.3 is 20.5 Å². The summed E-state index contributed by atoms with van der Waals surface area (Å²) in [7, 11) is 0. The maximum atomic E-state index is 13.5. The maximum absolute atomic E-state index is 13.5. The molecule has 0 radical (unpaired) electrons. The standard InChI is InChI=1S/C37H33ClF3N5O4/c1-23-21-46(35(48)45-33(23)47)32-20-30(44-34(42)43-27-17-18-29(38)28(19-27)37(39,40)41)31(50-32)22-49-36(24-11-5-2-6-12-24,25-13-7-3-8-14-25)26-15-9-4-10-16-26/h2-19,21,30-32H,20,22H2,1H3,(H3,42,43,44)(H,45,47,48)/t30-,31+,32+/m0/s1. The van der Waals surface area contributed by atoms with Gasteiger partial charge in [-0.15, -0.1) is 0 Å². The van der Waals surface area contributed by atoms with Crippen LogP contribution in [0.4, 0.5) is 18.9 Å². The Balaban J connectivity index is 1.38. The molecule has 1 saturated heterocycles. The number of benzene rings is 4. The van der Waals surface area contributed by atoms with E-state index in [4.69, 9.17) is 26.8 Å². The number of nitrogens with zero attached hydrogens (tertiary/aromatic N) is 2. The van der Waals surface area contributed by atoms with E-state index >= 15 is 0 Å². The Bertz CT molecular complexity index is 1990. The van der Waals surface area contributed by atoms with Gasteiger partial charge >= 0.3 is 11.9 Å². The Morgan fingerprint density at radius 1 is 0.960 bits per heavy atom. The Morgan fingerprint density at radius 3 is 2.06 bits per heavy atom. The molecule has 5 aromatic rings. The smallest absolute Gasteiger partial charge is 0.370 e. The zero-order valence-electron chi connectivity index (χ0n) is 26.7. The van der Waals surface area contributed by atoms with Crippen LogP contribution in [0.15, 0.2) is 130 Å². The summed E-state index contributed by atoms with van der Waals surface area (Å²) in [5, 5.41) is 2.26. The summed E-state index contributed by atoms with van der Waals surface area (Å²) in [6.45, 7) is 1.52. The molecule has 0 amide bonds. The quantitative estimate of drug-likeness (QED) is 0.0903. The first kappa shape index (κ1) is 34.7. The van der Waals surface area contributed by atoms with Gasteiger partial charge in [0.1, 0.15) is 17.9 Å². The van der Waals surface area contributed by atoms with Crippen LogP contribution < -0.4 is 22.3 Å². The highest BCUT2D eigenvalue weighted by Crippen LogP contribution is 2.42. The van der Waals surface area contributed by atoms with Crippen molar-refractivity contribution in [2.45, 2.75) is 43.5 Å². The summed E-state index contributed by atoms with van der Waals surface area (Å²) in [6.07, 6.45) is -4.82. The lowest BCUT2D eigenvalue weighted by Gasteiger charge is -2.37. The lowest BCUT2D eigenvalue weighted by Crippen LogP contribution is -2.38. The molecule has 0 spiro atoms. The number of aryl methyl sites for hydroxylation is 1. The predicted molar refractivity (Wildman–Crippen MR) is 185 cm³/mol. The van der Waals surface area contributed by atoms with Crippen molar-refractivity contribution in [2.75, 3.05) is 11.9 Å². The number of nitrogens with two attached hydrogens (primary N) is 1. The molecule has 0 bridgehead atoms. The van der Waals surface area contributed by atoms with Gasteiger partial charge in [-0.25, -0.2) is 9.79 Å². The summed E-state index contributed by atoms with van der Waals surface area (Å²) in [4.78, 5) is 31.9. The minimum absolute atomic E-state index is 0.0231. The van der Waals surface area contributed by atoms with Crippen LogP contribution in [0.3, 0.4) is 0 Å². The lowest BCUT2D eigenvalue weighted by molar-refractivity contribution is -0.137. The molecule has 4 N–H and O–H groups in total. The Hall–Kier alpha value is -5.17. The molecule has 1 aliphatic rings. The van der Waals surface area contributed by atoms with Crippen molar-refractivity contribution < 1.29 is 22.6 Å². The van der Waals surface area contributed by atoms with Crippen molar-refractivity contribution >= 4 is 23.2 Å². The van der Waals surface area contributed by atoms with Gasteiger partial charge in [0.25, 0.3) is 5.56 Å². The van der Waals surface area contributed by atoms with Gasteiger partial charge in [-0.2, -0.15) is 13.2 Å². The van der Waals surface area contributed by atoms with Crippen molar-refractivity contribution in [3.63, 3.8) is 0 Å². The van der Waals surface area contributed by atoms with Crippen LogP contribution in [0.5, 0.6) is 0 Å². The fraction of sp³-hybridized carbons (Fsp3) is 0.216. The fourth-order valence-corrected chi connectivity index (χ4v) is 6.35. The molecule has 1 aromatic heterocycles. The monoisotopic (exact) mass is 703 g/mol. The molecule has 4 aromatic carbocycles. The van der Waals surface area contributed by atoms with Crippen LogP contribution in [0, 0.1) is 6.92 Å². The zero-order valence-corrected chi connectivity index (χ0v) is 27.5. The number of aliphatic imine (C=N–C) groups is 1. The van der Waals surface area contributed by atoms with Crippen LogP contribution in [-0.4, -0.2) is 34.3 Å². The highest BCUT2D eigenvalue weighted by atomic mass is 35.5. The van der Waals surface area contributed by atoms with Crippen molar-refractivity contribution in [3.8, 4) is 0 Å². The minimum atomic E-state index is -4.68. The summed E-state index contributed by atoms with van der Waals surface area (Å²) in [5.74, 6) is -0.190. The Labute approximate surface area is 290 Å². The number of aromatic amines is 1. The molecule has 1 fully saturated rings. The number of aromatic nitrogens is 2. The van der Waals surface area contributed by atoms with Gasteiger partial charge in [-0.1, -0.05) is 103 Å². The molecule has 50 heavy (non-hydrogen) atoms. The second kappa shape index (κ2) is 14.4. The number of nitrogens with one attached hydrogen (secondary N) is 2. The molecule has 1 aliphatic heterocycles. The summed E-state index contributed by atoms with van der Waals surface area (Å²) in [5.41, 5.74) is 5.82. The number of hydrogen-bond donors (Lipinski definition) is 3. The second-order valence-corrected chi connectivity index (χ2v) is 12.2. The third-order valence-corrected chi connectivity index (χ3v) is 8.84. The first-order valence-corrected chi connectivity index (χ1v) is 16.1.